The van der Waals surface area contributed by atoms with Crippen LogP contribution in [0.4, 0.5) is 0 Å². The van der Waals surface area contributed by atoms with Crippen molar-refractivity contribution >= 4 is 11.8 Å². The molecular formula is C21H20O12. The molecule has 0 unspecified atom stereocenters. The van der Waals surface area contributed by atoms with Crippen LogP contribution in [0.2, 0.25) is 0 Å². The zero-order valence-electron chi connectivity index (χ0n) is 16.7. The Bertz CT molecular complexity index is 1100. The van der Waals surface area contributed by atoms with Crippen molar-refractivity contribution in [3.8, 4) is 28.7 Å². The number of phenolic OH excluding ortho intramolecular Hbond substituents is 3. The Balaban J connectivity index is 1.61. The Morgan fingerprint density at radius 3 is 2.33 bits per heavy atom. The molecule has 0 bridgehead atoms. The summed E-state index contributed by atoms with van der Waals surface area (Å²) in [5.74, 6) is -3.63. The molecule has 0 aliphatic carbocycles. The predicted octanol–water partition coefficient (Wildman–Crippen LogP) is -0.219. The van der Waals surface area contributed by atoms with Crippen LogP contribution in [-0.4, -0.2) is 78.2 Å². The van der Waals surface area contributed by atoms with Crippen molar-refractivity contribution in [3.05, 3.63) is 41.5 Å². The van der Waals surface area contributed by atoms with Gasteiger partial charge in [0.25, 0.3) is 0 Å². The number of phenols is 3. The van der Waals surface area contributed by atoms with E-state index in [-0.39, 0.29) is 29.2 Å². The number of carbonyl (C=O) groups is 2. The molecule has 2 aromatic carbocycles. The van der Waals surface area contributed by atoms with Gasteiger partial charge in [-0.3, -0.25) is 4.79 Å². The quantitative estimate of drug-likeness (QED) is 0.294. The minimum absolute atomic E-state index is 0.0977. The summed E-state index contributed by atoms with van der Waals surface area (Å²) in [4.78, 5) is 23.9. The maximum Gasteiger partial charge on any atom is 0.335 e. The minimum Gasteiger partial charge on any atom is -0.507 e. The van der Waals surface area contributed by atoms with E-state index in [1.165, 1.54) is 24.3 Å². The number of aliphatic hydroxyl groups is 3. The Morgan fingerprint density at radius 1 is 0.939 bits per heavy atom. The van der Waals surface area contributed by atoms with E-state index >= 15 is 0 Å². The van der Waals surface area contributed by atoms with Crippen LogP contribution in [0.1, 0.15) is 28.4 Å². The summed E-state index contributed by atoms with van der Waals surface area (Å²) in [6, 6.07) is 6.12. The molecule has 2 aliphatic rings. The normalized spacial score (nSPS) is 29.1. The number of Topliss-reactive ketones (excluding diaryl/α,β-unsaturated/α-hetero) is 1. The molecule has 0 aromatic heterocycles. The number of fused-ring (bicyclic) bond motifs is 1. The lowest BCUT2D eigenvalue weighted by atomic mass is 9.95. The zero-order chi connectivity index (χ0) is 24.0. The molecule has 1 saturated heterocycles. The standard InChI is InChI=1S/C21H20O12/c22-9-2-1-7(3-10(9)23)13-6-12(25)15-11(24)4-8(5-14(15)32-13)31-21-18(28)16(26)17(27)19(33-21)20(29)30/h1-5,13,16-19,21-24,26-28H,6H2,(H,29,30)/t13-,16+,17+,18-,19+,21+/m1/s1. The number of aliphatic carboxylic acids is 1. The van der Waals surface area contributed by atoms with Gasteiger partial charge in [-0.15, -0.1) is 0 Å². The third-order valence-corrected chi connectivity index (χ3v) is 5.41. The van der Waals surface area contributed by atoms with Crippen LogP contribution in [-0.2, 0) is 9.53 Å². The van der Waals surface area contributed by atoms with Crippen LogP contribution in [0.3, 0.4) is 0 Å². The number of aromatic hydroxyl groups is 3. The third kappa shape index (κ3) is 4.12. The first-order chi connectivity index (χ1) is 15.6. The molecule has 12 nitrogen and oxygen atoms in total. The lowest BCUT2D eigenvalue weighted by molar-refractivity contribution is -0.271. The smallest absolute Gasteiger partial charge is 0.335 e. The molecule has 1 fully saturated rings. The highest BCUT2D eigenvalue weighted by atomic mass is 16.7. The molecule has 4 rings (SSSR count). The number of carboxylic acid groups (broad SMARTS) is 1. The van der Waals surface area contributed by atoms with Crippen molar-refractivity contribution in [2.75, 3.05) is 0 Å². The Labute approximate surface area is 185 Å². The van der Waals surface area contributed by atoms with Gasteiger partial charge in [0.15, 0.2) is 23.4 Å². The first kappa shape index (κ1) is 22.6. The SMILES string of the molecule is O=C1C[C@H](c2ccc(O)c(O)c2)Oc2cc(O[C@H]3O[C@H](C(=O)O)[C@@H](O)[C@H](O)[C@H]3O)cc(O)c21. The summed E-state index contributed by atoms with van der Waals surface area (Å²) in [5, 5.41) is 68.5. The van der Waals surface area contributed by atoms with Gasteiger partial charge in [0.1, 0.15) is 47.2 Å². The molecule has 0 amide bonds. The molecule has 33 heavy (non-hydrogen) atoms. The van der Waals surface area contributed by atoms with Gasteiger partial charge in [0.05, 0.1) is 6.42 Å². The minimum atomic E-state index is -1.90. The summed E-state index contributed by atoms with van der Waals surface area (Å²) in [6.07, 6.45) is -10.3. The van der Waals surface area contributed by atoms with Crippen molar-refractivity contribution in [1.82, 2.24) is 0 Å². The van der Waals surface area contributed by atoms with E-state index in [9.17, 15) is 40.2 Å². The number of ether oxygens (including phenoxy) is 3. The van der Waals surface area contributed by atoms with Gasteiger partial charge in [-0.25, -0.2) is 4.79 Å². The second-order valence-corrected chi connectivity index (χ2v) is 7.65. The summed E-state index contributed by atoms with van der Waals surface area (Å²) in [5.41, 5.74) is 0.244. The van der Waals surface area contributed by atoms with Gasteiger partial charge in [-0.05, 0) is 17.7 Å². The lowest BCUT2D eigenvalue weighted by Gasteiger charge is -2.38. The molecular weight excluding hydrogens is 444 g/mol. The number of carbonyl (C=O) groups excluding carboxylic acids is 1. The largest absolute Gasteiger partial charge is 0.507 e. The molecule has 7 N–H and O–H groups in total. The number of benzene rings is 2. The van der Waals surface area contributed by atoms with Crippen LogP contribution in [0, 0.1) is 0 Å². The molecule has 6 atom stereocenters. The van der Waals surface area contributed by atoms with Gasteiger partial charge in [-0.2, -0.15) is 0 Å². The van der Waals surface area contributed by atoms with Crippen molar-refractivity contribution in [2.45, 2.75) is 43.2 Å². The zero-order valence-corrected chi connectivity index (χ0v) is 16.7. The molecule has 2 aliphatic heterocycles. The summed E-state index contributed by atoms with van der Waals surface area (Å²) in [7, 11) is 0. The van der Waals surface area contributed by atoms with Crippen molar-refractivity contribution < 1.29 is 59.5 Å². The fourth-order valence-corrected chi connectivity index (χ4v) is 3.69. The Kier molecular flexibility index (Phi) is 5.76. The average Bonchev–Trinajstić information content (AvgIpc) is 2.75. The van der Waals surface area contributed by atoms with Crippen molar-refractivity contribution in [1.29, 1.82) is 0 Å². The Morgan fingerprint density at radius 2 is 1.67 bits per heavy atom. The Hall–Kier alpha value is -3.58. The third-order valence-electron chi connectivity index (χ3n) is 5.41. The highest BCUT2D eigenvalue weighted by molar-refractivity contribution is 6.02. The molecule has 2 aromatic rings. The monoisotopic (exact) mass is 464 g/mol. The van der Waals surface area contributed by atoms with Crippen molar-refractivity contribution in [2.24, 2.45) is 0 Å². The van der Waals surface area contributed by atoms with Crippen LogP contribution < -0.4 is 9.47 Å². The number of aliphatic hydroxyl groups excluding tert-OH is 3. The lowest BCUT2D eigenvalue weighted by Crippen LogP contribution is -2.61. The van der Waals surface area contributed by atoms with E-state index in [0.29, 0.717) is 5.56 Å². The second kappa shape index (κ2) is 8.41. The van der Waals surface area contributed by atoms with E-state index in [4.69, 9.17) is 19.3 Å². The van der Waals surface area contributed by atoms with E-state index in [1.54, 1.807) is 0 Å². The molecule has 176 valence electrons. The van der Waals surface area contributed by atoms with Crippen LogP contribution in [0.25, 0.3) is 0 Å². The maximum atomic E-state index is 12.6. The fraction of sp³-hybridized carbons (Fsp3) is 0.333. The van der Waals surface area contributed by atoms with Gasteiger partial charge in [-0.1, -0.05) is 6.07 Å². The second-order valence-electron chi connectivity index (χ2n) is 7.65. The van der Waals surface area contributed by atoms with Crippen molar-refractivity contribution in [3.63, 3.8) is 0 Å². The van der Waals surface area contributed by atoms with E-state index in [1.807, 2.05) is 0 Å². The number of ketones is 1. The van der Waals surface area contributed by atoms with E-state index < -0.39 is 60.1 Å². The van der Waals surface area contributed by atoms with Crippen LogP contribution >= 0.6 is 0 Å². The summed E-state index contributed by atoms with van der Waals surface area (Å²) >= 11 is 0. The molecule has 0 radical (unpaired) electrons. The fourth-order valence-electron chi connectivity index (χ4n) is 3.69. The predicted molar refractivity (Wildman–Crippen MR) is 105 cm³/mol. The molecule has 2 heterocycles. The number of hydrogen-bond acceptors (Lipinski definition) is 11. The van der Waals surface area contributed by atoms with E-state index in [0.717, 1.165) is 6.07 Å². The maximum absolute atomic E-state index is 12.6. The summed E-state index contributed by atoms with van der Waals surface area (Å²) in [6.45, 7) is 0. The van der Waals surface area contributed by atoms with Gasteiger partial charge >= 0.3 is 5.97 Å². The number of carboxylic acids is 1. The first-order valence-electron chi connectivity index (χ1n) is 9.74. The molecule has 0 spiro atoms. The van der Waals surface area contributed by atoms with Crippen LogP contribution in [0.15, 0.2) is 30.3 Å². The summed E-state index contributed by atoms with van der Waals surface area (Å²) < 4.78 is 16.2. The van der Waals surface area contributed by atoms with Crippen LogP contribution in [0.5, 0.6) is 28.7 Å². The first-order valence-corrected chi connectivity index (χ1v) is 9.74. The number of rotatable bonds is 4. The van der Waals surface area contributed by atoms with E-state index in [2.05, 4.69) is 0 Å². The topological polar surface area (TPSA) is 203 Å². The van der Waals surface area contributed by atoms with Gasteiger partial charge in [0.2, 0.25) is 6.29 Å². The average molecular weight is 464 g/mol. The molecule has 0 saturated carbocycles. The highest BCUT2D eigenvalue weighted by Gasteiger charge is 2.48. The highest BCUT2D eigenvalue weighted by Crippen LogP contribution is 2.43. The molecule has 12 heteroatoms. The number of hydrogen-bond donors (Lipinski definition) is 7. The van der Waals surface area contributed by atoms with Gasteiger partial charge in [0, 0.05) is 12.1 Å². The van der Waals surface area contributed by atoms with Gasteiger partial charge < -0.3 is 50.0 Å².